The summed E-state index contributed by atoms with van der Waals surface area (Å²) in [6, 6.07) is 32.3. The Kier molecular flexibility index (Phi) is 21.6. The lowest BCUT2D eigenvalue weighted by molar-refractivity contribution is 0.475. The number of rotatable bonds is 23. The fourth-order valence-electron chi connectivity index (χ4n) is 5.82. The van der Waals surface area contributed by atoms with Crippen LogP contribution in [0, 0.1) is 0 Å². The molecule has 0 aromatic heterocycles. The Bertz CT molecular complexity index is 1350. The van der Waals surface area contributed by atoms with Gasteiger partial charge in [0.25, 0.3) is 0 Å². The van der Waals surface area contributed by atoms with Gasteiger partial charge in [-0.2, -0.15) is 0 Å². The Morgan fingerprint density at radius 2 is 0.571 bits per heavy atom. The third-order valence-electron chi connectivity index (χ3n) is 8.89. The van der Waals surface area contributed by atoms with Crippen molar-refractivity contribution in [1.29, 1.82) is 0 Å². The molecular formula is C45H62O2S2. The maximum atomic E-state index is 9.37. The van der Waals surface area contributed by atoms with E-state index in [9.17, 15) is 10.2 Å². The molecule has 0 radical (unpaired) electrons. The second kappa shape index (κ2) is 26.1. The first-order valence-corrected chi connectivity index (χ1v) is 21.1. The molecule has 0 unspecified atom stereocenters. The highest BCUT2D eigenvalue weighted by Gasteiger charge is 2.01. The minimum atomic E-state index is 0.316. The number of unbranched alkanes of at least 4 members (excludes halogenated alkanes) is 15. The van der Waals surface area contributed by atoms with Crippen molar-refractivity contribution in [3.05, 3.63) is 97.1 Å². The molecular weight excluding hydrogens is 637 g/mol. The van der Waals surface area contributed by atoms with Gasteiger partial charge in [-0.1, -0.05) is 159 Å². The summed E-state index contributed by atoms with van der Waals surface area (Å²) in [5.41, 5.74) is 4.69. The topological polar surface area (TPSA) is 40.5 Å². The number of hydrogen-bond acceptors (Lipinski definition) is 4. The molecule has 4 rings (SSSR count). The molecule has 2 nitrogen and oxygen atoms in total. The third-order valence-corrected chi connectivity index (χ3v) is 11.1. The van der Waals surface area contributed by atoms with Crippen molar-refractivity contribution in [1.82, 2.24) is 0 Å². The summed E-state index contributed by atoms with van der Waals surface area (Å²) in [5, 5.41) is 18.7. The van der Waals surface area contributed by atoms with Gasteiger partial charge < -0.3 is 10.2 Å². The highest BCUT2D eigenvalue weighted by atomic mass is 32.2. The smallest absolute Gasteiger partial charge is 0.115 e. The lowest BCUT2D eigenvalue weighted by Gasteiger charge is -2.05. The zero-order valence-corrected chi connectivity index (χ0v) is 32.0. The van der Waals surface area contributed by atoms with Crippen molar-refractivity contribution in [2.75, 3.05) is 11.5 Å². The summed E-state index contributed by atoms with van der Waals surface area (Å²) < 4.78 is 0. The van der Waals surface area contributed by atoms with Crippen LogP contribution in [-0.4, -0.2) is 21.7 Å². The highest BCUT2D eigenvalue weighted by molar-refractivity contribution is 7.99. The lowest BCUT2D eigenvalue weighted by Crippen LogP contribution is -1.84. The van der Waals surface area contributed by atoms with Crippen LogP contribution >= 0.6 is 23.5 Å². The van der Waals surface area contributed by atoms with Crippen LogP contribution in [-0.2, 0) is 0 Å². The summed E-state index contributed by atoms with van der Waals surface area (Å²) in [4.78, 5) is 2.70. The van der Waals surface area contributed by atoms with E-state index in [1.54, 1.807) is 24.3 Å². The highest BCUT2D eigenvalue weighted by Crippen LogP contribution is 2.28. The van der Waals surface area contributed by atoms with E-state index in [1.165, 1.54) is 142 Å². The van der Waals surface area contributed by atoms with Crippen LogP contribution in [0.1, 0.15) is 123 Å². The molecule has 0 aliphatic rings. The fraction of sp³-hybridized carbons (Fsp3) is 0.467. The van der Waals surface area contributed by atoms with Gasteiger partial charge in [-0.3, -0.25) is 0 Å². The number of hydrogen-bond donors (Lipinski definition) is 2. The minimum Gasteiger partial charge on any atom is -0.508 e. The number of phenols is 2. The Morgan fingerprint density at radius 1 is 0.327 bits per heavy atom. The molecule has 4 heteroatoms. The van der Waals surface area contributed by atoms with Crippen LogP contribution in [0.4, 0.5) is 0 Å². The molecule has 0 atom stereocenters. The fourth-order valence-corrected chi connectivity index (χ4v) is 7.65. The summed E-state index contributed by atoms with van der Waals surface area (Å²) in [5.74, 6) is 3.07. The van der Waals surface area contributed by atoms with Gasteiger partial charge in [-0.05, 0) is 95.1 Å². The lowest BCUT2D eigenvalue weighted by atomic mass is 10.1. The van der Waals surface area contributed by atoms with E-state index in [0.29, 0.717) is 11.5 Å². The van der Waals surface area contributed by atoms with E-state index >= 15 is 0 Å². The molecule has 4 aromatic rings. The van der Waals surface area contributed by atoms with Gasteiger partial charge in [0.2, 0.25) is 0 Å². The van der Waals surface area contributed by atoms with Crippen molar-refractivity contribution in [2.24, 2.45) is 0 Å². The van der Waals surface area contributed by atoms with Gasteiger partial charge in [0.05, 0.1) is 0 Å². The van der Waals surface area contributed by atoms with Gasteiger partial charge in [-0.25, -0.2) is 0 Å². The molecule has 2 N–H and O–H groups in total. The third kappa shape index (κ3) is 18.1. The van der Waals surface area contributed by atoms with Crippen molar-refractivity contribution in [3.8, 4) is 33.8 Å². The molecule has 266 valence electrons. The average molecular weight is 699 g/mol. The van der Waals surface area contributed by atoms with Gasteiger partial charge in [0, 0.05) is 9.79 Å². The molecule has 0 spiro atoms. The van der Waals surface area contributed by atoms with Crippen LogP contribution in [0.2, 0.25) is 0 Å². The number of benzene rings is 4. The summed E-state index contributed by atoms with van der Waals surface area (Å²) >= 11 is 3.92. The number of aromatic hydroxyl groups is 2. The van der Waals surface area contributed by atoms with Gasteiger partial charge in [0.15, 0.2) is 0 Å². The maximum Gasteiger partial charge on any atom is 0.115 e. The molecule has 0 aliphatic carbocycles. The molecule has 4 aromatic carbocycles. The first kappa shape index (κ1) is 40.6. The Hall–Kier alpha value is -2.82. The predicted octanol–water partition coefficient (Wildman–Crippen LogP) is 15.0. The standard InChI is InChI=1S/C23H32OS.C22H30OS/c1-2-3-4-5-6-7-8-9-10-19-25-23-17-13-21(14-18-23)20-11-15-22(24)16-12-20;1-2-3-4-5-6-7-8-9-18-24-22-16-12-20(13-17-22)19-10-14-21(23)15-11-19/h11-18,24H,2-10,19H2,1H3;10-17,23H,2-9,18H2,1H3. The molecule has 0 fully saturated rings. The largest absolute Gasteiger partial charge is 0.508 e. The van der Waals surface area contributed by atoms with E-state index in [-0.39, 0.29) is 0 Å². The van der Waals surface area contributed by atoms with Gasteiger partial charge in [-0.15, -0.1) is 23.5 Å². The minimum absolute atomic E-state index is 0.316. The maximum absolute atomic E-state index is 9.37. The molecule has 0 amide bonds. The van der Waals surface area contributed by atoms with Gasteiger partial charge in [0.1, 0.15) is 11.5 Å². The zero-order chi connectivity index (χ0) is 34.8. The monoisotopic (exact) mass is 698 g/mol. The Labute approximate surface area is 307 Å². The second-order valence-electron chi connectivity index (χ2n) is 13.1. The molecule has 0 saturated carbocycles. The van der Waals surface area contributed by atoms with Crippen LogP contribution < -0.4 is 0 Å². The SMILES string of the molecule is CCCCCCCCCCCSc1ccc(-c2ccc(O)cc2)cc1.CCCCCCCCCCSc1ccc(-c2ccc(O)cc2)cc1. The second-order valence-corrected chi connectivity index (χ2v) is 15.5. The summed E-state index contributed by atoms with van der Waals surface area (Å²) in [6.45, 7) is 4.55. The Balaban J connectivity index is 0.000000266. The van der Waals surface area contributed by atoms with Crippen LogP contribution in [0.25, 0.3) is 22.3 Å². The average Bonchev–Trinajstić information content (AvgIpc) is 3.13. The van der Waals surface area contributed by atoms with Crippen LogP contribution in [0.15, 0.2) is 107 Å². The van der Waals surface area contributed by atoms with E-state index in [1.807, 2.05) is 47.8 Å². The first-order valence-electron chi connectivity index (χ1n) is 19.1. The normalized spacial score (nSPS) is 10.9. The number of thioether (sulfide) groups is 2. The molecule has 0 saturated heterocycles. The van der Waals surface area contributed by atoms with Crippen LogP contribution in [0.3, 0.4) is 0 Å². The molecule has 0 heterocycles. The van der Waals surface area contributed by atoms with Crippen molar-refractivity contribution < 1.29 is 10.2 Å². The Morgan fingerprint density at radius 3 is 0.857 bits per heavy atom. The number of phenolic OH excluding ortho intramolecular Hbond substituents is 2. The van der Waals surface area contributed by atoms with E-state index in [0.717, 1.165) is 11.1 Å². The van der Waals surface area contributed by atoms with Crippen LogP contribution in [0.5, 0.6) is 11.5 Å². The quantitative estimate of drug-likeness (QED) is 0.0597. The van der Waals surface area contributed by atoms with Gasteiger partial charge >= 0.3 is 0 Å². The van der Waals surface area contributed by atoms with Crippen molar-refractivity contribution >= 4 is 23.5 Å². The first-order chi connectivity index (χ1) is 24.1. The van der Waals surface area contributed by atoms with E-state index in [4.69, 9.17) is 0 Å². The molecule has 0 bridgehead atoms. The zero-order valence-electron chi connectivity index (χ0n) is 30.4. The summed E-state index contributed by atoms with van der Waals surface area (Å²) in [6.07, 6.45) is 23.6. The molecule has 49 heavy (non-hydrogen) atoms. The predicted molar refractivity (Wildman–Crippen MR) is 218 cm³/mol. The van der Waals surface area contributed by atoms with Crippen molar-refractivity contribution in [2.45, 2.75) is 133 Å². The van der Waals surface area contributed by atoms with Crippen molar-refractivity contribution in [3.63, 3.8) is 0 Å². The summed E-state index contributed by atoms with van der Waals surface area (Å²) in [7, 11) is 0. The molecule has 0 aliphatic heterocycles. The van der Waals surface area contributed by atoms with E-state index in [2.05, 4.69) is 62.4 Å². The van der Waals surface area contributed by atoms with E-state index < -0.39 is 0 Å².